The van der Waals surface area contributed by atoms with Crippen LogP contribution in [-0.4, -0.2) is 56.2 Å². The zero-order valence-corrected chi connectivity index (χ0v) is 18.4. The van der Waals surface area contributed by atoms with Crippen molar-refractivity contribution in [2.24, 2.45) is 7.05 Å². The van der Waals surface area contributed by atoms with Gasteiger partial charge in [-0.25, -0.2) is 4.98 Å². The number of piperazine rings is 1. The van der Waals surface area contributed by atoms with Crippen LogP contribution >= 0.6 is 11.3 Å². The van der Waals surface area contributed by atoms with E-state index in [0.717, 1.165) is 60.3 Å². The van der Waals surface area contributed by atoms with E-state index < -0.39 is 0 Å². The third kappa shape index (κ3) is 3.99. The van der Waals surface area contributed by atoms with Gasteiger partial charge >= 0.3 is 0 Å². The Morgan fingerprint density at radius 2 is 2.06 bits per heavy atom. The number of hydrogen-bond donors (Lipinski definition) is 2. The summed E-state index contributed by atoms with van der Waals surface area (Å²) < 4.78 is 3.77. The molecular formula is C22H25N7OS. The molecule has 4 heterocycles. The fraction of sp³-hybridized carbons (Fsp3) is 0.318. The molecule has 0 atom stereocenters. The first kappa shape index (κ1) is 19.9. The van der Waals surface area contributed by atoms with Crippen molar-refractivity contribution < 1.29 is 4.79 Å². The lowest BCUT2D eigenvalue weighted by molar-refractivity contribution is 0.101. The van der Waals surface area contributed by atoms with Crippen LogP contribution in [0.4, 0.5) is 5.69 Å². The van der Waals surface area contributed by atoms with Gasteiger partial charge in [0.2, 0.25) is 0 Å². The lowest BCUT2D eigenvalue weighted by Gasteiger charge is -2.26. The second-order valence-corrected chi connectivity index (χ2v) is 8.66. The molecule has 0 unspecified atom stereocenters. The van der Waals surface area contributed by atoms with Crippen molar-refractivity contribution in [1.82, 2.24) is 29.4 Å². The van der Waals surface area contributed by atoms with Gasteiger partial charge in [0.05, 0.1) is 17.1 Å². The molecule has 0 saturated carbocycles. The minimum atomic E-state index is -0.184. The number of fused-ring (bicyclic) bond motifs is 1. The third-order valence-electron chi connectivity index (χ3n) is 5.56. The lowest BCUT2D eigenvalue weighted by atomic mass is 10.1. The van der Waals surface area contributed by atoms with Gasteiger partial charge < -0.3 is 10.6 Å². The van der Waals surface area contributed by atoms with Gasteiger partial charge in [-0.3, -0.25) is 18.8 Å². The fourth-order valence-electron chi connectivity index (χ4n) is 4.00. The minimum absolute atomic E-state index is 0.184. The number of rotatable bonds is 5. The van der Waals surface area contributed by atoms with Gasteiger partial charge in [0.15, 0.2) is 4.96 Å². The Kier molecular flexibility index (Phi) is 5.31. The van der Waals surface area contributed by atoms with Crippen LogP contribution in [0, 0.1) is 6.92 Å². The number of para-hydroxylation sites is 1. The van der Waals surface area contributed by atoms with E-state index in [9.17, 15) is 4.79 Å². The monoisotopic (exact) mass is 435 g/mol. The second-order valence-electron chi connectivity index (χ2n) is 7.83. The Morgan fingerprint density at radius 1 is 1.26 bits per heavy atom. The Labute approximate surface area is 184 Å². The van der Waals surface area contributed by atoms with E-state index in [1.165, 1.54) is 5.69 Å². The van der Waals surface area contributed by atoms with E-state index in [4.69, 9.17) is 4.98 Å². The number of nitrogens with one attached hydrogen (secondary N) is 2. The molecule has 1 amide bonds. The standard InChI is InChI=1S/C22H25N7OS/c1-15-11-20(27(2)26-15)21(30)24-18-6-4-3-5-17(18)19-13-29-16(14-31-22(29)25-19)12-28-9-7-23-8-10-28/h3-6,11,13-14,23H,7-10,12H2,1-2H3,(H,24,30). The molecule has 0 bridgehead atoms. The van der Waals surface area contributed by atoms with Gasteiger partial charge in [-0.1, -0.05) is 18.2 Å². The summed E-state index contributed by atoms with van der Waals surface area (Å²) in [6.45, 7) is 6.97. The summed E-state index contributed by atoms with van der Waals surface area (Å²) in [4.78, 5) is 21.1. The van der Waals surface area contributed by atoms with E-state index in [2.05, 4.69) is 36.6 Å². The predicted octanol–water partition coefficient (Wildman–Crippen LogP) is 2.76. The molecule has 160 valence electrons. The number of carbonyl (C=O) groups is 1. The van der Waals surface area contributed by atoms with Crippen LogP contribution < -0.4 is 10.6 Å². The van der Waals surface area contributed by atoms with Gasteiger partial charge in [0.1, 0.15) is 5.69 Å². The minimum Gasteiger partial charge on any atom is -0.320 e. The molecule has 1 saturated heterocycles. The summed E-state index contributed by atoms with van der Waals surface area (Å²) in [7, 11) is 1.78. The fourth-order valence-corrected chi connectivity index (χ4v) is 4.86. The molecular weight excluding hydrogens is 410 g/mol. The first-order valence-electron chi connectivity index (χ1n) is 10.4. The van der Waals surface area contributed by atoms with E-state index in [1.807, 2.05) is 31.2 Å². The summed E-state index contributed by atoms with van der Waals surface area (Å²) in [6.07, 6.45) is 2.07. The van der Waals surface area contributed by atoms with Gasteiger partial charge in [-0.05, 0) is 19.1 Å². The van der Waals surface area contributed by atoms with Crippen LogP contribution in [0.3, 0.4) is 0 Å². The summed E-state index contributed by atoms with van der Waals surface area (Å²) in [5.41, 5.74) is 5.07. The Hall–Kier alpha value is -3.01. The molecule has 1 aliphatic heterocycles. The molecule has 4 aromatic rings. The molecule has 5 rings (SSSR count). The van der Waals surface area contributed by atoms with Crippen molar-refractivity contribution in [1.29, 1.82) is 0 Å². The molecule has 9 heteroatoms. The van der Waals surface area contributed by atoms with Crippen molar-refractivity contribution >= 4 is 27.9 Å². The highest BCUT2D eigenvalue weighted by Crippen LogP contribution is 2.30. The highest BCUT2D eigenvalue weighted by Gasteiger charge is 2.18. The average molecular weight is 436 g/mol. The van der Waals surface area contributed by atoms with Crippen LogP contribution in [0.15, 0.2) is 41.9 Å². The van der Waals surface area contributed by atoms with E-state index in [1.54, 1.807) is 29.1 Å². The van der Waals surface area contributed by atoms with Crippen molar-refractivity contribution in [2.45, 2.75) is 13.5 Å². The summed E-state index contributed by atoms with van der Waals surface area (Å²) in [5.74, 6) is -0.184. The number of amides is 1. The number of benzene rings is 1. The SMILES string of the molecule is Cc1cc(C(=O)Nc2ccccc2-c2cn3c(CN4CCNCC4)csc3n2)n(C)n1. The molecule has 1 aromatic carbocycles. The number of hydrogen-bond acceptors (Lipinski definition) is 6. The first-order valence-corrected chi connectivity index (χ1v) is 11.3. The summed E-state index contributed by atoms with van der Waals surface area (Å²) in [6, 6.07) is 9.57. The molecule has 8 nitrogen and oxygen atoms in total. The Bertz CT molecular complexity index is 1230. The van der Waals surface area contributed by atoms with E-state index in [-0.39, 0.29) is 5.91 Å². The topological polar surface area (TPSA) is 79.5 Å². The maximum absolute atomic E-state index is 12.8. The van der Waals surface area contributed by atoms with Crippen LogP contribution in [0.1, 0.15) is 21.9 Å². The van der Waals surface area contributed by atoms with Crippen LogP contribution in [0.2, 0.25) is 0 Å². The number of aryl methyl sites for hydroxylation is 2. The normalized spacial score (nSPS) is 14.9. The number of imidazole rings is 1. The second kappa shape index (κ2) is 8.26. The first-order chi connectivity index (χ1) is 15.1. The van der Waals surface area contributed by atoms with Gasteiger partial charge in [0, 0.05) is 62.6 Å². The number of nitrogens with zero attached hydrogens (tertiary/aromatic N) is 5. The van der Waals surface area contributed by atoms with Crippen molar-refractivity contribution in [3.63, 3.8) is 0 Å². The molecule has 1 fully saturated rings. The number of thiazole rings is 1. The van der Waals surface area contributed by atoms with E-state index >= 15 is 0 Å². The average Bonchev–Trinajstić information content (AvgIpc) is 3.44. The molecule has 0 aliphatic carbocycles. The lowest BCUT2D eigenvalue weighted by Crippen LogP contribution is -2.43. The number of aromatic nitrogens is 4. The zero-order chi connectivity index (χ0) is 21.4. The maximum atomic E-state index is 12.8. The molecule has 3 aromatic heterocycles. The van der Waals surface area contributed by atoms with Crippen LogP contribution in [0.25, 0.3) is 16.2 Å². The van der Waals surface area contributed by atoms with Gasteiger partial charge in [-0.15, -0.1) is 11.3 Å². The number of carbonyl (C=O) groups excluding carboxylic acids is 1. The maximum Gasteiger partial charge on any atom is 0.273 e. The van der Waals surface area contributed by atoms with Crippen molar-refractivity contribution in [3.8, 4) is 11.3 Å². The molecule has 2 N–H and O–H groups in total. The zero-order valence-electron chi connectivity index (χ0n) is 17.6. The Morgan fingerprint density at radius 3 is 2.84 bits per heavy atom. The van der Waals surface area contributed by atoms with E-state index in [0.29, 0.717) is 5.69 Å². The van der Waals surface area contributed by atoms with Gasteiger partial charge in [-0.2, -0.15) is 5.10 Å². The van der Waals surface area contributed by atoms with Gasteiger partial charge in [0.25, 0.3) is 5.91 Å². The molecule has 0 spiro atoms. The highest BCUT2D eigenvalue weighted by atomic mass is 32.1. The third-order valence-corrected chi connectivity index (χ3v) is 6.45. The van der Waals surface area contributed by atoms with Crippen molar-refractivity contribution in [3.05, 3.63) is 59.0 Å². The number of anilines is 1. The summed E-state index contributed by atoms with van der Waals surface area (Å²) in [5, 5.41) is 12.9. The van der Waals surface area contributed by atoms with Crippen molar-refractivity contribution in [2.75, 3.05) is 31.5 Å². The molecule has 31 heavy (non-hydrogen) atoms. The molecule has 0 radical (unpaired) electrons. The highest BCUT2D eigenvalue weighted by molar-refractivity contribution is 7.15. The van der Waals surface area contributed by atoms with Crippen LogP contribution in [-0.2, 0) is 13.6 Å². The quantitative estimate of drug-likeness (QED) is 0.504. The Balaban J connectivity index is 1.43. The molecule has 1 aliphatic rings. The predicted molar refractivity (Wildman–Crippen MR) is 123 cm³/mol. The summed E-state index contributed by atoms with van der Waals surface area (Å²) >= 11 is 1.65. The smallest absolute Gasteiger partial charge is 0.273 e. The van der Waals surface area contributed by atoms with Crippen LogP contribution in [0.5, 0.6) is 0 Å². The largest absolute Gasteiger partial charge is 0.320 e.